The molecule has 0 bridgehead atoms. The van der Waals surface area contributed by atoms with Crippen LogP contribution in [0.1, 0.15) is 78.6 Å². The third-order valence-corrected chi connectivity index (χ3v) is 6.28. The number of nitrogens with one attached hydrogen (secondary N) is 2. The molecule has 0 saturated carbocycles. The van der Waals surface area contributed by atoms with Crippen LogP contribution in [0, 0.1) is 5.92 Å². The summed E-state index contributed by atoms with van der Waals surface area (Å²) in [7, 11) is 0. The van der Waals surface area contributed by atoms with Crippen LogP contribution in [0.5, 0.6) is 0 Å². The molecule has 2 amide bonds. The molecule has 2 atom stereocenters. The van der Waals surface area contributed by atoms with Gasteiger partial charge in [0.1, 0.15) is 0 Å². The van der Waals surface area contributed by atoms with Crippen LogP contribution in [-0.4, -0.2) is 45.8 Å². The fourth-order valence-electron chi connectivity index (χ4n) is 2.81. The first-order valence-electron chi connectivity index (χ1n) is 9.71. The SMILES string of the molecule is CCCCCCCCCC(CC(=O)NO)C(=O)NC(CO)C(C)(C)SC. The van der Waals surface area contributed by atoms with Crippen LogP contribution < -0.4 is 10.8 Å². The number of thioether (sulfide) groups is 1. The Labute approximate surface area is 162 Å². The largest absolute Gasteiger partial charge is 0.394 e. The van der Waals surface area contributed by atoms with Gasteiger partial charge in [-0.3, -0.25) is 14.8 Å². The fraction of sp³-hybridized carbons (Fsp3) is 0.895. The molecule has 0 aliphatic carbocycles. The van der Waals surface area contributed by atoms with Gasteiger partial charge in [-0.25, -0.2) is 5.48 Å². The lowest BCUT2D eigenvalue weighted by Gasteiger charge is -2.33. The second-order valence-corrected chi connectivity index (χ2v) is 8.86. The van der Waals surface area contributed by atoms with E-state index in [1.165, 1.54) is 25.7 Å². The molecule has 26 heavy (non-hydrogen) atoms. The minimum absolute atomic E-state index is 0.0456. The molecule has 4 N–H and O–H groups in total. The zero-order valence-corrected chi connectivity index (χ0v) is 17.7. The van der Waals surface area contributed by atoms with Gasteiger partial charge in [0.05, 0.1) is 12.6 Å². The van der Waals surface area contributed by atoms with Gasteiger partial charge in [-0.15, -0.1) is 0 Å². The van der Waals surface area contributed by atoms with Crippen LogP contribution in [0.4, 0.5) is 0 Å². The molecule has 7 heteroatoms. The number of carbonyl (C=O) groups is 2. The second-order valence-electron chi connectivity index (χ2n) is 7.40. The molecular weight excluding hydrogens is 352 g/mol. The molecule has 154 valence electrons. The van der Waals surface area contributed by atoms with Crippen molar-refractivity contribution in [2.75, 3.05) is 12.9 Å². The number of hydrogen-bond donors (Lipinski definition) is 4. The third-order valence-electron chi connectivity index (χ3n) is 4.95. The molecule has 2 unspecified atom stereocenters. The van der Waals surface area contributed by atoms with E-state index in [9.17, 15) is 14.7 Å². The van der Waals surface area contributed by atoms with Crippen molar-refractivity contribution in [3.63, 3.8) is 0 Å². The van der Waals surface area contributed by atoms with Gasteiger partial charge in [0.15, 0.2) is 0 Å². The number of unbranched alkanes of at least 4 members (excludes halogenated alkanes) is 6. The Morgan fingerprint density at radius 3 is 2.15 bits per heavy atom. The first kappa shape index (κ1) is 25.2. The molecule has 0 rings (SSSR count). The normalized spacial score (nSPS) is 13.9. The summed E-state index contributed by atoms with van der Waals surface area (Å²) in [5, 5.41) is 21.3. The maximum absolute atomic E-state index is 12.6. The Hall–Kier alpha value is -0.790. The van der Waals surface area contributed by atoms with Crippen molar-refractivity contribution in [1.29, 1.82) is 0 Å². The summed E-state index contributed by atoms with van der Waals surface area (Å²) in [5.41, 5.74) is 1.61. The molecule has 0 radical (unpaired) electrons. The van der Waals surface area contributed by atoms with Crippen LogP contribution in [0.15, 0.2) is 0 Å². The van der Waals surface area contributed by atoms with Crippen LogP contribution in [0.25, 0.3) is 0 Å². The predicted octanol–water partition coefficient (Wildman–Crippen LogP) is 3.26. The average molecular weight is 391 g/mol. The molecule has 0 spiro atoms. The number of rotatable bonds is 15. The Bertz CT molecular complexity index is 405. The number of hydrogen-bond acceptors (Lipinski definition) is 5. The molecule has 0 saturated heterocycles. The number of amides is 2. The van der Waals surface area contributed by atoms with Crippen molar-refractivity contribution in [3.8, 4) is 0 Å². The van der Waals surface area contributed by atoms with E-state index < -0.39 is 17.9 Å². The molecule has 0 aromatic carbocycles. The number of aliphatic hydroxyl groups is 1. The summed E-state index contributed by atoms with van der Waals surface area (Å²) in [5.74, 6) is -1.29. The second kappa shape index (κ2) is 14.3. The third kappa shape index (κ3) is 10.4. The van der Waals surface area contributed by atoms with E-state index in [4.69, 9.17) is 5.21 Å². The summed E-state index contributed by atoms with van der Waals surface area (Å²) in [6.45, 7) is 5.96. The highest BCUT2D eigenvalue weighted by atomic mass is 32.2. The molecular formula is C19H38N2O4S. The molecule has 0 aliphatic heterocycles. The minimum Gasteiger partial charge on any atom is -0.394 e. The van der Waals surface area contributed by atoms with Gasteiger partial charge in [-0.2, -0.15) is 11.8 Å². The van der Waals surface area contributed by atoms with Crippen molar-refractivity contribution in [3.05, 3.63) is 0 Å². The summed E-state index contributed by atoms with van der Waals surface area (Å²) >= 11 is 1.57. The summed E-state index contributed by atoms with van der Waals surface area (Å²) in [6, 6.07) is -0.390. The van der Waals surface area contributed by atoms with Crippen LogP contribution in [0.3, 0.4) is 0 Å². The maximum Gasteiger partial charge on any atom is 0.244 e. The van der Waals surface area contributed by atoms with Crippen molar-refractivity contribution in [2.24, 2.45) is 5.92 Å². The lowest BCUT2D eigenvalue weighted by atomic mass is 9.94. The van der Waals surface area contributed by atoms with E-state index in [0.717, 1.165) is 19.3 Å². The maximum atomic E-state index is 12.6. The molecule has 0 heterocycles. The zero-order valence-electron chi connectivity index (χ0n) is 16.8. The topological polar surface area (TPSA) is 98.7 Å². The standard InChI is InChI=1S/C19H38N2O4S/c1-5-6-7-8-9-10-11-12-15(13-17(23)21-25)18(24)20-16(14-22)19(2,3)26-4/h15-16,22,25H,5-14H2,1-4H3,(H,20,24)(H,21,23). The monoisotopic (exact) mass is 390 g/mol. The quantitative estimate of drug-likeness (QED) is 0.195. The lowest BCUT2D eigenvalue weighted by Crippen LogP contribution is -2.51. The van der Waals surface area contributed by atoms with E-state index in [1.807, 2.05) is 20.1 Å². The van der Waals surface area contributed by atoms with Crippen molar-refractivity contribution < 1.29 is 19.9 Å². The Kier molecular flexibility index (Phi) is 13.9. The number of carbonyl (C=O) groups excluding carboxylic acids is 2. The molecule has 6 nitrogen and oxygen atoms in total. The highest BCUT2D eigenvalue weighted by Crippen LogP contribution is 2.26. The lowest BCUT2D eigenvalue weighted by molar-refractivity contribution is -0.135. The van der Waals surface area contributed by atoms with Crippen molar-refractivity contribution >= 4 is 23.6 Å². The highest BCUT2D eigenvalue weighted by molar-refractivity contribution is 8.00. The average Bonchev–Trinajstić information content (AvgIpc) is 2.63. The van der Waals surface area contributed by atoms with Gasteiger partial charge >= 0.3 is 0 Å². The first-order valence-corrected chi connectivity index (χ1v) is 10.9. The Balaban J connectivity index is 4.60. The smallest absolute Gasteiger partial charge is 0.244 e. The molecule has 0 fully saturated rings. The van der Waals surface area contributed by atoms with Crippen molar-refractivity contribution in [2.45, 2.75) is 89.3 Å². The van der Waals surface area contributed by atoms with Crippen LogP contribution >= 0.6 is 11.8 Å². The Morgan fingerprint density at radius 2 is 1.65 bits per heavy atom. The van der Waals surface area contributed by atoms with Gasteiger partial charge in [0.2, 0.25) is 11.8 Å². The Morgan fingerprint density at radius 1 is 1.08 bits per heavy atom. The highest BCUT2D eigenvalue weighted by Gasteiger charge is 2.32. The van der Waals surface area contributed by atoms with Gasteiger partial charge in [0, 0.05) is 17.1 Å². The fourth-order valence-corrected chi connectivity index (χ4v) is 3.23. The summed E-state index contributed by atoms with van der Waals surface area (Å²) < 4.78 is -0.312. The van der Waals surface area contributed by atoms with E-state index in [0.29, 0.717) is 6.42 Å². The predicted molar refractivity (Wildman–Crippen MR) is 107 cm³/mol. The van der Waals surface area contributed by atoms with Crippen molar-refractivity contribution in [1.82, 2.24) is 10.8 Å². The molecule has 0 aromatic rings. The van der Waals surface area contributed by atoms with Gasteiger partial charge in [0.25, 0.3) is 0 Å². The van der Waals surface area contributed by atoms with Gasteiger partial charge in [-0.1, -0.05) is 51.9 Å². The summed E-state index contributed by atoms with van der Waals surface area (Å²) in [4.78, 5) is 24.2. The van der Waals surface area contributed by atoms with Crippen LogP contribution in [-0.2, 0) is 9.59 Å². The van der Waals surface area contributed by atoms with E-state index >= 15 is 0 Å². The van der Waals surface area contributed by atoms with E-state index in [1.54, 1.807) is 17.2 Å². The molecule has 0 aromatic heterocycles. The molecule has 0 aliphatic rings. The number of hydroxylamine groups is 1. The summed E-state index contributed by atoms with van der Waals surface area (Å²) in [6.07, 6.45) is 10.5. The van der Waals surface area contributed by atoms with Gasteiger partial charge in [-0.05, 0) is 26.5 Å². The van der Waals surface area contributed by atoms with E-state index in [-0.39, 0.29) is 23.7 Å². The minimum atomic E-state index is -0.558. The zero-order chi connectivity index (χ0) is 20.0. The van der Waals surface area contributed by atoms with Crippen LogP contribution in [0.2, 0.25) is 0 Å². The van der Waals surface area contributed by atoms with E-state index in [2.05, 4.69) is 12.2 Å². The number of aliphatic hydroxyl groups excluding tert-OH is 1. The first-order chi connectivity index (χ1) is 12.3. The van der Waals surface area contributed by atoms with Gasteiger partial charge < -0.3 is 10.4 Å².